The summed E-state index contributed by atoms with van der Waals surface area (Å²) >= 11 is 2.95. The molecule has 0 aromatic carbocycles. The highest BCUT2D eigenvalue weighted by molar-refractivity contribution is 9.10. The van der Waals surface area contributed by atoms with Crippen molar-refractivity contribution in [3.8, 4) is 0 Å². The standard InChI is InChI=1S/C7H7BrFNO2S/c1-2-13(11,12)6-3-5(9)4-10-7(6)8/h3-4H,2H2,1H3. The van der Waals surface area contributed by atoms with E-state index in [2.05, 4.69) is 20.9 Å². The van der Waals surface area contributed by atoms with Crippen molar-refractivity contribution in [3.63, 3.8) is 0 Å². The van der Waals surface area contributed by atoms with E-state index < -0.39 is 15.7 Å². The van der Waals surface area contributed by atoms with Gasteiger partial charge in [0.1, 0.15) is 15.3 Å². The summed E-state index contributed by atoms with van der Waals surface area (Å²) in [5.41, 5.74) is 0. The van der Waals surface area contributed by atoms with E-state index in [9.17, 15) is 12.8 Å². The summed E-state index contributed by atoms with van der Waals surface area (Å²) in [5, 5.41) is 0. The van der Waals surface area contributed by atoms with Crippen molar-refractivity contribution in [1.29, 1.82) is 0 Å². The molecule has 0 aliphatic rings. The first-order valence-corrected chi connectivity index (χ1v) is 5.95. The van der Waals surface area contributed by atoms with E-state index in [4.69, 9.17) is 0 Å². The number of sulfone groups is 1. The van der Waals surface area contributed by atoms with Crippen LogP contribution in [0.4, 0.5) is 4.39 Å². The Kier molecular flexibility index (Phi) is 3.02. The molecule has 3 nitrogen and oxygen atoms in total. The summed E-state index contributed by atoms with van der Waals surface area (Å²) in [6, 6.07) is 0.954. The molecule has 0 saturated carbocycles. The van der Waals surface area contributed by atoms with Gasteiger partial charge in [-0.3, -0.25) is 0 Å². The molecule has 0 bridgehead atoms. The zero-order valence-electron chi connectivity index (χ0n) is 6.79. The van der Waals surface area contributed by atoms with Crippen LogP contribution >= 0.6 is 15.9 Å². The Balaban J connectivity index is 3.38. The summed E-state index contributed by atoms with van der Waals surface area (Å²) in [5.74, 6) is -0.730. The quantitative estimate of drug-likeness (QED) is 0.768. The summed E-state index contributed by atoms with van der Waals surface area (Å²) < 4.78 is 35.5. The highest BCUT2D eigenvalue weighted by Crippen LogP contribution is 2.20. The van der Waals surface area contributed by atoms with Gasteiger partial charge in [0.2, 0.25) is 0 Å². The highest BCUT2D eigenvalue weighted by atomic mass is 79.9. The Morgan fingerprint density at radius 2 is 2.23 bits per heavy atom. The van der Waals surface area contributed by atoms with E-state index in [1.165, 1.54) is 6.92 Å². The molecule has 1 aromatic heterocycles. The van der Waals surface area contributed by atoms with Crippen LogP contribution in [-0.4, -0.2) is 19.2 Å². The van der Waals surface area contributed by atoms with Gasteiger partial charge >= 0.3 is 0 Å². The fourth-order valence-electron chi connectivity index (χ4n) is 0.778. The van der Waals surface area contributed by atoms with Gasteiger partial charge in [0.15, 0.2) is 9.84 Å². The Morgan fingerprint density at radius 1 is 1.62 bits per heavy atom. The Bertz CT molecular complexity index is 419. The zero-order chi connectivity index (χ0) is 10.1. The third-order valence-electron chi connectivity index (χ3n) is 1.49. The van der Waals surface area contributed by atoms with Gasteiger partial charge in [-0.15, -0.1) is 0 Å². The van der Waals surface area contributed by atoms with Gasteiger partial charge in [0.05, 0.1) is 11.9 Å². The van der Waals surface area contributed by atoms with E-state index in [-0.39, 0.29) is 15.3 Å². The average molecular weight is 268 g/mol. The minimum Gasteiger partial charge on any atom is -0.245 e. The van der Waals surface area contributed by atoms with Crippen molar-refractivity contribution in [1.82, 2.24) is 4.98 Å². The number of hydrogen-bond acceptors (Lipinski definition) is 3. The van der Waals surface area contributed by atoms with Crippen molar-refractivity contribution in [2.75, 3.05) is 5.75 Å². The SMILES string of the molecule is CCS(=O)(=O)c1cc(F)cnc1Br. The molecule has 6 heteroatoms. The van der Waals surface area contributed by atoms with Crippen LogP contribution in [0.1, 0.15) is 6.92 Å². The third kappa shape index (κ3) is 2.25. The molecule has 0 spiro atoms. The lowest BCUT2D eigenvalue weighted by molar-refractivity contribution is 0.588. The lowest BCUT2D eigenvalue weighted by Crippen LogP contribution is -2.05. The molecule has 13 heavy (non-hydrogen) atoms. The third-order valence-corrected chi connectivity index (χ3v) is 4.12. The van der Waals surface area contributed by atoms with Crippen molar-refractivity contribution in [2.45, 2.75) is 11.8 Å². The van der Waals surface area contributed by atoms with Crippen LogP contribution < -0.4 is 0 Å². The van der Waals surface area contributed by atoms with Gasteiger partial charge in [-0.25, -0.2) is 17.8 Å². The second-order valence-corrected chi connectivity index (χ2v) is 5.34. The minimum atomic E-state index is -3.40. The van der Waals surface area contributed by atoms with Gasteiger partial charge in [-0.05, 0) is 22.0 Å². The summed E-state index contributed by atoms with van der Waals surface area (Å²) in [6.07, 6.45) is 0.957. The van der Waals surface area contributed by atoms with Crippen LogP contribution in [0.3, 0.4) is 0 Å². The molecule has 72 valence electrons. The van der Waals surface area contributed by atoms with Gasteiger partial charge in [-0.1, -0.05) is 6.92 Å². The maximum absolute atomic E-state index is 12.7. The normalized spacial score (nSPS) is 11.6. The fraction of sp³-hybridized carbons (Fsp3) is 0.286. The van der Waals surface area contributed by atoms with Crippen LogP contribution in [-0.2, 0) is 9.84 Å². The number of rotatable bonds is 2. The maximum Gasteiger partial charge on any atom is 0.180 e. The van der Waals surface area contributed by atoms with Crippen LogP contribution in [0, 0.1) is 5.82 Å². The molecule has 0 unspecified atom stereocenters. The Morgan fingerprint density at radius 3 is 2.77 bits per heavy atom. The van der Waals surface area contributed by atoms with Crippen molar-refractivity contribution in [3.05, 3.63) is 22.7 Å². The lowest BCUT2D eigenvalue weighted by atomic mass is 10.5. The van der Waals surface area contributed by atoms with Gasteiger partial charge < -0.3 is 0 Å². The molecule has 0 aliphatic heterocycles. The highest BCUT2D eigenvalue weighted by Gasteiger charge is 2.16. The molecule has 0 N–H and O–H groups in total. The van der Waals surface area contributed by atoms with Gasteiger partial charge in [0.25, 0.3) is 0 Å². The number of halogens is 2. The number of hydrogen-bond donors (Lipinski definition) is 0. The van der Waals surface area contributed by atoms with Crippen LogP contribution in [0.25, 0.3) is 0 Å². The molecular weight excluding hydrogens is 261 g/mol. The molecular formula is C7H7BrFNO2S. The minimum absolute atomic E-state index is 0.0727. The van der Waals surface area contributed by atoms with E-state index in [1.807, 2.05) is 0 Å². The molecule has 0 saturated heterocycles. The van der Waals surface area contributed by atoms with E-state index in [0.717, 1.165) is 12.3 Å². The summed E-state index contributed by atoms with van der Waals surface area (Å²) in [6.45, 7) is 1.49. The molecule has 0 amide bonds. The van der Waals surface area contributed by atoms with Crippen LogP contribution in [0.15, 0.2) is 21.8 Å². The zero-order valence-corrected chi connectivity index (χ0v) is 9.19. The lowest BCUT2D eigenvalue weighted by Gasteiger charge is -2.02. The first-order valence-electron chi connectivity index (χ1n) is 3.51. The molecule has 1 rings (SSSR count). The van der Waals surface area contributed by atoms with E-state index in [1.54, 1.807) is 0 Å². The van der Waals surface area contributed by atoms with Crippen molar-refractivity contribution < 1.29 is 12.8 Å². The number of aromatic nitrogens is 1. The predicted molar refractivity (Wildman–Crippen MR) is 49.6 cm³/mol. The van der Waals surface area contributed by atoms with Gasteiger partial charge in [-0.2, -0.15) is 0 Å². The molecule has 1 aromatic rings. The number of nitrogens with zero attached hydrogens (tertiary/aromatic N) is 1. The molecule has 1 heterocycles. The molecule has 0 aliphatic carbocycles. The summed E-state index contributed by atoms with van der Waals surface area (Å²) in [4.78, 5) is 3.45. The summed E-state index contributed by atoms with van der Waals surface area (Å²) in [7, 11) is -3.40. The van der Waals surface area contributed by atoms with Crippen molar-refractivity contribution >= 4 is 25.8 Å². The van der Waals surface area contributed by atoms with E-state index in [0.29, 0.717) is 0 Å². The largest absolute Gasteiger partial charge is 0.245 e. The monoisotopic (exact) mass is 267 g/mol. The molecule has 0 radical (unpaired) electrons. The second kappa shape index (κ2) is 3.71. The van der Waals surface area contributed by atoms with Crippen molar-refractivity contribution in [2.24, 2.45) is 0 Å². The topological polar surface area (TPSA) is 47.0 Å². The fourth-order valence-corrected chi connectivity index (χ4v) is 2.65. The van der Waals surface area contributed by atoms with Crippen LogP contribution in [0.2, 0.25) is 0 Å². The average Bonchev–Trinajstić information content (AvgIpc) is 2.09. The predicted octanol–water partition coefficient (Wildman–Crippen LogP) is 1.78. The van der Waals surface area contributed by atoms with Gasteiger partial charge in [0, 0.05) is 0 Å². The Hall–Kier alpha value is -0.490. The first-order chi connectivity index (χ1) is 5.97. The second-order valence-electron chi connectivity index (χ2n) is 2.35. The first kappa shape index (κ1) is 10.6. The van der Waals surface area contributed by atoms with E-state index >= 15 is 0 Å². The Labute approximate surface area is 84.0 Å². The smallest absolute Gasteiger partial charge is 0.180 e. The molecule has 0 atom stereocenters. The molecule has 0 fully saturated rings. The van der Waals surface area contributed by atoms with Crippen LogP contribution in [0.5, 0.6) is 0 Å². The maximum atomic E-state index is 12.7. The number of pyridine rings is 1.